The van der Waals surface area contributed by atoms with E-state index in [2.05, 4.69) is 12.2 Å². The predicted molar refractivity (Wildman–Crippen MR) is 73.6 cm³/mol. The van der Waals surface area contributed by atoms with E-state index in [0.717, 1.165) is 25.9 Å². The Balaban J connectivity index is 2.25. The van der Waals surface area contributed by atoms with Crippen molar-refractivity contribution in [3.8, 4) is 0 Å². The largest absolute Gasteiger partial charge is 0.342 e. The molecule has 0 aromatic heterocycles. The van der Waals surface area contributed by atoms with Gasteiger partial charge in [0, 0.05) is 26.7 Å². The zero-order valence-electron chi connectivity index (χ0n) is 12.5. The van der Waals surface area contributed by atoms with E-state index in [1.807, 2.05) is 13.8 Å². The number of amides is 2. The minimum Gasteiger partial charge on any atom is -0.342 e. The van der Waals surface area contributed by atoms with Gasteiger partial charge in [-0.05, 0) is 33.2 Å². The minimum atomic E-state index is -0.727. The molecular weight excluding hydrogens is 242 g/mol. The van der Waals surface area contributed by atoms with Gasteiger partial charge in [-0.25, -0.2) is 0 Å². The lowest BCUT2D eigenvalue weighted by Crippen LogP contribution is -2.66. The first-order valence-corrected chi connectivity index (χ1v) is 7.13. The fourth-order valence-corrected chi connectivity index (χ4v) is 3.23. The molecule has 0 saturated carbocycles. The Hall–Kier alpha value is -1.10. The van der Waals surface area contributed by atoms with E-state index in [9.17, 15) is 9.59 Å². The Bertz CT molecular complexity index is 386. The smallest absolute Gasteiger partial charge is 0.247 e. The molecule has 2 fully saturated rings. The number of likely N-dealkylation sites (N-methyl/N-ethyl adjacent to an activating group) is 1. The van der Waals surface area contributed by atoms with Gasteiger partial charge in [0.15, 0.2) is 0 Å². The zero-order valence-corrected chi connectivity index (χ0v) is 12.5. The zero-order chi connectivity index (χ0) is 14.3. The Labute approximate surface area is 115 Å². The van der Waals surface area contributed by atoms with Crippen LogP contribution in [0.25, 0.3) is 0 Å². The van der Waals surface area contributed by atoms with E-state index < -0.39 is 5.54 Å². The highest BCUT2D eigenvalue weighted by molar-refractivity contribution is 5.94. The first-order chi connectivity index (χ1) is 8.85. The topological polar surface area (TPSA) is 52.7 Å². The molecule has 0 aromatic carbocycles. The van der Waals surface area contributed by atoms with Crippen LogP contribution in [-0.2, 0) is 9.59 Å². The first kappa shape index (κ1) is 14.3. The van der Waals surface area contributed by atoms with E-state index in [1.54, 1.807) is 16.8 Å². The Morgan fingerprint density at radius 2 is 2.05 bits per heavy atom. The monoisotopic (exact) mass is 267 g/mol. The van der Waals surface area contributed by atoms with E-state index in [0.29, 0.717) is 13.1 Å². The fourth-order valence-electron chi connectivity index (χ4n) is 3.23. The van der Waals surface area contributed by atoms with Crippen LogP contribution in [0.3, 0.4) is 0 Å². The van der Waals surface area contributed by atoms with Crippen LogP contribution in [0.1, 0.15) is 33.6 Å². The lowest BCUT2D eigenvalue weighted by Gasteiger charge is -2.47. The van der Waals surface area contributed by atoms with Crippen LogP contribution in [0, 0.1) is 5.41 Å². The minimum absolute atomic E-state index is 0.0318. The molecule has 1 atom stereocenters. The summed E-state index contributed by atoms with van der Waals surface area (Å²) in [6.45, 7) is 8.66. The molecule has 5 nitrogen and oxygen atoms in total. The number of carbonyl (C=O) groups is 2. The molecule has 2 amide bonds. The molecule has 2 saturated heterocycles. The van der Waals surface area contributed by atoms with Crippen molar-refractivity contribution in [2.45, 2.75) is 39.2 Å². The van der Waals surface area contributed by atoms with Crippen LogP contribution < -0.4 is 5.32 Å². The van der Waals surface area contributed by atoms with Crippen LogP contribution in [0.2, 0.25) is 0 Å². The predicted octanol–water partition coefficient (Wildman–Crippen LogP) is 0.455. The van der Waals surface area contributed by atoms with Gasteiger partial charge in [0.2, 0.25) is 11.8 Å². The molecule has 0 aliphatic carbocycles. The average molecular weight is 267 g/mol. The second kappa shape index (κ2) is 4.78. The Morgan fingerprint density at radius 3 is 2.58 bits per heavy atom. The van der Waals surface area contributed by atoms with Crippen LogP contribution in [0.15, 0.2) is 0 Å². The summed E-state index contributed by atoms with van der Waals surface area (Å²) in [6.07, 6.45) is 1.70. The van der Waals surface area contributed by atoms with E-state index in [-0.39, 0.29) is 17.2 Å². The van der Waals surface area contributed by atoms with Crippen molar-refractivity contribution < 1.29 is 9.59 Å². The van der Waals surface area contributed by atoms with Gasteiger partial charge in [-0.1, -0.05) is 6.92 Å². The second-order valence-electron chi connectivity index (χ2n) is 6.30. The van der Waals surface area contributed by atoms with Gasteiger partial charge in [-0.2, -0.15) is 0 Å². The summed E-state index contributed by atoms with van der Waals surface area (Å²) in [5, 5.41) is 3.29. The molecule has 0 spiro atoms. The molecule has 5 heteroatoms. The average Bonchev–Trinajstić information content (AvgIpc) is 2.85. The molecule has 2 rings (SSSR count). The number of nitrogens with one attached hydrogen (secondary N) is 1. The summed E-state index contributed by atoms with van der Waals surface area (Å²) in [5.74, 6) is 0.177. The van der Waals surface area contributed by atoms with Crippen molar-refractivity contribution in [1.82, 2.24) is 15.1 Å². The summed E-state index contributed by atoms with van der Waals surface area (Å²) >= 11 is 0. The number of hydrogen-bond acceptors (Lipinski definition) is 3. The summed E-state index contributed by atoms with van der Waals surface area (Å²) in [7, 11) is 1.80. The number of hydrogen-bond donors (Lipinski definition) is 1. The molecule has 0 radical (unpaired) electrons. The summed E-state index contributed by atoms with van der Waals surface area (Å²) in [6, 6.07) is 0. The molecule has 2 aliphatic rings. The summed E-state index contributed by atoms with van der Waals surface area (Å²) in [4.78, 5) is 28.7. The molecule has 0 aromatic rings. The normalized spacial score (nSPS) is 30.8. The maximum atomic E-state index is 12.9. The molecular formula is C14H25N3O2. The molecule has 2 heterocycles. The van der Waals surface area contributed by atoms with Gasteiger partial charge < -0.3 is 15.1 Å². The van der Waals surface area contributed by atoms with Gasteiger partial charge in [0.1, 0.15) is 5.54 Å². The number of nitrogens with zero attached hydrogens (tertiary/aromatic N) is 2. The summed E-state index contributed by atoms with van der Waals surface area (Å²) < 4.78 is 0. The maximum absolute atomic E-state index is 12.9. The lowest BCUT2D eigenvalue weighted by atomic mass is 9.81. The third kappa shape index (κ3) is 2.14. The lowest BCUT2D eigenvalue weighted by molar-refractivity contribution is -0.162. The third-order valence-corrected chi connectivity index (χ3v) is 4.82. The van der Waals surface area contributed by atoms with Crippen LogP contribution in [0.4, 0.5) is 0 Å². The first-order valence-electron chi connectivity index (χ1n) is 7.13. The van der Waals surface area contributed by atoms with E-state index in [4.69, 9.17) is 0 Å². The molecule has 1 N–H and O–H groups in total. The quantitative estimate of drug-likeness (QED) is 0.790. The van der Waals surface area contributed by atoms with Crippen LogP contribution >= 0.6 is 0 Å². The van der Waals surface area contributed by atoms with Gasteiger partial charge >= 0.3 is 0 Å². The SMILES string of the molecule is CCC1(C(=O)N2CCN(C)C(=O)C2(C)C)CCNC1. The van der Waals surface area contributed by atoms with Gasteiger partial charge in [-0.15, -0.1) is 0 Å². The van der Waals surface area contributed by atoms with E-state index >= 15 is 0 Å². The highest BCUT2D eigenvalue weighted by atomic mass is 16.2. The van der Waals surface area contributed by atoms with Crippen molar-refractivity contribution in [3.63, 3.8) is 0 Å². The van der Waals surface area contributed by atoms with Crippen molar-refractivity contribution in [2.24, 2.45) is 5.41 Å². The second-order valence-corrected chi connectivity index (χ2v) is 6.30. The van der Waals surface area contributed by atoms with Gasteiger partial charge in [-0.3, -0.25) is 9.59 Å². The summed E-state index contributed by atoms with van der Waals surface area (Å²) in [5.41, 5.74) is -1.04. The number of rotatable bonds is 2. The molecule has 2 aliphatic heterocycles. The van der Waals surface area contributed by atoms with Crippen LogP contribution in [0.5, 0.6) is 0 Å². The molecule has 108 valence electrons. The Morgan fingerprint density at radius 1 is 1.37 bits per heavy atom. The van der Waals surface area contributed by atoms with Gasteiger partial charge in [0.05, 0.1) is 5.41 Å². The standard InChI is InChI=1S/C14H25N3O2/c1-5-14(6-7-15-10-14)12(19)17-9-8-16(4)11(18)13(17,2)3/h15H,5-10H2,1-4H3. The number of carbonyl (C=O) groups excluding carboxylic acids is 2. The number of piperazine rings is 1. The fraction of sp³-hybridized carbons (Fsp3) is 0.857. The molecule has 19 heavy (non-hydrogen) atoms. The highest BCUT2D eigenvalue weighted by Gasteiger charge is 2.50. The van der Waals surface area contributed by atoms with Crippen molar-refractivity contribution in [3.05, 3.63) is 0 Å². The maximum Gasteiger partial charge on any atom is 0.247 e. The van der Waals surface area contributed by atoms with Crippen molar-refractivity contribution >= 4 is 11.8 Å². The van der Waals surface area contributed by atoms with Crippen molar-refractivity contribution in [1.29, 1.82) is 0 Å². The molecule has 1 unspecified atom stereocenters. The third-order valence-electron chi connectivity index (χ3n) is 4.82. The van der Waals surface area contributed by atoms with Crippen molar-refractivity contribution in [2.75, 3.05) is 33.2 Å². The molecule has 0 bridgehead atoms. The van der Waals surface area contributed by atoms with Gasteiger partial charge in [0.25, 0.3) is 0 Å². The highest BCUT2D eigenvalue weighted by Crippen LogP contribution is 2.35. The van der Waals surface area contributed by atoms with Crippen LogP contribution in [-0.4, -0.2) is 60.4 Å². The van der Waals surface area contributed by atoms with E-state index in [1.165, 1.54) is 0 Å². The Kier molecular flexibility index (Phi) is 3.60.